The fourth-order valence-electron chi connectivity index (χ4n) is 2.46. The number of nitrogens with one attached hydrogen (secondary N) is 1. The molecular formula is C17H16ClNO. The number of fused-ring (bicyclic) bond motifs is 1. The van der Waals surface area contributed by atoms with Gasteiger partial charge in [-0.15, -0.1) is 0 Å². The zero-order valence-corrected chi connectivity index (χ0v) is 12.0. The molecule has 3 heteroatoms. The van der Waals surface area contributed by atoms with Crippen molar-refractivity contribution in [3.05, 3.63) is 71.1 Å². The van der Waals surface area contributed by atoms with Crippen molar-refractivity contribution < 1.29 is 4.42 Å². The topological polar surface area (TPSA) is 25.2 Å². The predicted octanol–water partition coefficient (Wildman–Crippen LogP) is 4.79. The molecule has 3 rings (SSSR count). The first-order valence-electron chi connectivity index (χ1n) is 6.75. The molecule has 2 aromatic carbocycles. The lowest BCUT2D eigenvalue weighted by atomic mass is 10.0. The summed E-state index contributed by atoms with van der Waals surface area (Å²) in [7, 11) is 0. The molecule has 0 saturated heterocycles. The standard InChI is InChI=1S/C17H16ClNO/c1-2-19-17(15-9-10-16(18)20-15)14-8-7-12-5-3-4-6-13(12)11-14/h3-11,17,19H,2H2,1H3. The number of halogens is 1. The van der Waals surface area contributed by atoms with Gasteiger partial charge in [0.25, 0.3) is 0 Å². The highest BCUT2D eigenvalue weighted by Gasteiger charge is 2.17. The van der Waals surface area contributed by atoms with Gasteiger partial charge in [-0.2, -0.15) is 0 Å². The highest BCUT2D eigenvalue weighted by atomic mass is 35.5. The van der Waals surface area contributed by atoms with E-state index >= 15 is 0 Å². The third-order valence-corrected chi connectivity index (χ3v) is 3.60. The molecule has 1 atom stereocenters. The Hall–Kier alpha value is -1.77. The lowest BCUT2D eigenvalue weighted by molar-refractivity contribution is 0.454. The minimum Gasteiger partial charge on any atom is -0.448 e. The van der Waals surface area contributed by atoms with Crippen LogP contribution in [0.15, 0.2) is 59.0 Å². The first kappa shape index (κ1) is 13.2. The van der Waals surface area contributed by atoms with E-state index in [0.717, 1.165) is 12.3 Å². The van der Waals surface area contributed by atoms with E-state index in [1.54, 1.807) is 6.07 Å². The molecule has 0 saturated carbocycles. The van der Waals surface area contributed by atoms with Crippen LogP contribution in [0.1, 0.15) is 24.3 Å². The summed E-state index contributed by atoms with van der Waals surface area (Å²) >= 11 is 5.89. The molecule has 0 amide bonds. The van der Waals surface area contributed by atoms with E-state index in [0.29, 0.717) is 5.22 Å². The van der Waals surface area contributed by atoms with Crippen molar-refractivity contribution in [2.24, 2.45) is 0 Å². The van der Waals surface area contributed by atoms with E-state index in [2.05, 4.69) is 54.7 Å². The lowest BCUT2D eigenvalue weighted by Crippen LogP contribution is -2.21. The molecule has 0 aliphatic rings. The van der Waals surface area contributed by atoms with Gasteiger partial charge in [0.1, 0.15) is 5.76 Å². The number of rotatable bonds is 4. The third kappa shape index (κ3) is 2.58. The molecule has 0 spiro atoms. The van der Waals surface area contributed by atoms with Gasteiger partial charge < -0.3 is 9.73 Å². The summed E-state index contributed by atoms with van der Waals surface area (Å²) in [6, 6.07) is 18.5. The van der Waals surface area contributed by atoms with Crippen LogP contribution in [0.2, 0.25) is 5.22 Å². The largest absolute Gasteiger partial charge is 0.448 e. The average molecular weight is 286 g/mol. The van der Waals surface area contributed by atoms with Gasteiger partial charge in [0, 0.05) is 0 Å². The summed E-state index contributed by atoms with van der Waals surface area (Å²) in [6.45, 7) is 2.94. The Bertz CT molecular complexity index is 720. The molecule has 0 bridgehead atoms. The lowest BCUT2D eigenvalue weighted by Gasteiger charge is -2.16. The molecule has 3 aromatic rings. The minimum absolute atomic E-state index is 0.0251. The summed E-state index contributed by atoms with van der Waals surface area (Å²) in [6.07, 6.45) is 0. The van der Waals surface area contributed by atoms with Crippen molar-refractivity contribution in [1.82, 2.24) is 5.32 Å². The maximum absolute atomic E-state index is 5.89. The SMILES string of the molecule is CCNC(c1ccc2ccccc2c1)c1ccc(Cl)o1. The van der Waals surface area contributed by atoms with Crippen LogP contribution >= 0.6 is 11.6 Å². The normalized spacial score (nSPS) is 12.7. The monoisotopic (exact) mass is 285 g/mol. The van der Waals surface area contributed by atoms with Crippen molar-refractivity contribution in [2.45, 2.75) is 13.0 Å². The Balaban J connectivity index is 2.04. The molecule has 20 heavy (non-hydrogen) atoms. The number of hydrogen-bond acceptors (Lipinski definition) is 2. The summed E-state index contributed by atoms with van der Waals surface area (Å²) in [5.74, 6) is 0.840. The summed E-state index contributed by atoms with van der Waals surface area (Å²) in [5.41, 5.74) is 1.18. The first-order chi connectivity index (χ1) is 9.78. The van der Waals surface area contributed by atoms with E-state index < -0.39 is 0 Å². The Morgan fingerprint density at radius 3 is 2.55 bits per heavy atom. The van der Waals surface area contributed by atoms with Crippen molar-refractivity contribution >= 4 is 22.4 Å². The van der Waals surface area contributed by atoms with Crippen LogP contribution in [0.3, 0.4) is 0 Å². The van der Waals surface area contributed by atoms with Crippen LogP contribution in [-0.4, -0.2) is 6.54 Å². The average Bonchev–Trinajstić information content (AvgIpc) is 2.90. The fourth-order valence-corrected chi connectivity index (χ4v) is 2.61. The van der Waals surface area contributed by atoms with Crippen molar-refractivity contribution in [3.63, 3.8) is 0 Å². The number of benzene rings is 2. The molecule has 0 radical (unpaired) electrons. The highest BCUT2D eigenvalue weighted by molar-refractivity contribution is 6.28. The highest BCUT2D eigenvalue weighted by Crippen LogP contribution is 2.28. The van der Waals surface area contributed by atoms with E-state index in [4.69, 9.17) is 16.0 Å². The molecule has 1 aromatic heterocycles. The zero-order chi connectivity index (χ0) is 13.9. The quantitative estimate of drug-likeness (QED) is 0.746. The third-order valence-electron chi connectivity index (χ3n) is 3.39. The maximum atomic E-state index is 5.89. The van der Waals surface area contributed by atoms with Crippen LogP contribution in [0, 0.1) is 0 Å². The Morgan fingerprint density at radius 1 is 1.05 bits per heavy atom. The summed E-state index contributed by atoms with van der Waals surface area (Å²) in [5, 5.41) is 6.33. The van der Waals surface area contributed by atoms with Gasteiger partial charge in [0.2, 0.25) is 0 Å². The zero-order valence-electron chi connectivity index (χ0n) is 11.3. The smallest absolute Gasteiger partial charge is 0.193 e. The Morgan fingerprint density at radius 2 is 1.85 bits per heavy atom. The molecule has 2 nitrogen and oxygen atoms in total. The van der Waals surface area contributed by atoms with Gasteiger partial charge in [-0.25, -0.2) is 0 Å². The van der Waals surface area contributed by atoms with E-state index in [1.807, 2.05) is 6.07 Å². The van der Waals surface area contributed by atoms with E-state index in [1.165, 1.54) is 16.3 Å². The maximum Gasteiger partial charge on any atom is 0.193 e. The van der Waals surface area contributed by atoms with Gasteiger partial charge in [-0.05, 0) is 52.7 Å². The van der Waals surface area contributed by atoms with Gasteiger partial charge in [0.05, 0.1) is 6.04 Å². The van der Waals surface area contributed by atoms with Crippen molar-refractivity contribution in [2.75, 3.05) is 6.54 Å². The second-order valence-corrected chi connectivity index (χ2v) is 5.11. The fraction of sp³-hybridized carbons (Fsp3) is 0.176. The van der Waals surface area contributed by atoms with Crippen LogP contribution in [0.25, 0.3) is 10.8 Å². The van der Waals surface area contributed by atoms with Crippen molar-refractivity contribution in [3.8, 4) is 0 Å². The second-order valence-electron chi connectivity index (χ2n) is 4.74. The van der Waals surface area contributed by atoms with E-state index in [9.17, 15) is 0 Å². The van der Waals surface area contributed by atoms with Gasteiger partial charge in [0.15, 0.2) is 5.22 Å². The van der Waals surface area contributed by atoms with Crippen molar-refractivity contribution in [1.29, 1.82) is 0 Å². The number of hydrogen-bond donors (Lipinski definition) is 1. The Labute approximate surface area is 123 Å². The molecule has 1 N–H and O–H groups in total. The molecule has 1 heterocycles. The molecule has 0 fully saturated rings. The molecule has 0 aliphatic heterocycles. The summed E-state index contributed by atoms with van der Waals surface area (Å²) in [4.78, 5) is 0. The predicted molar refractivity (Wildman–Crippen MR) is 83.2 cm³/mol. The van der Waals surface area contributed by atoms with Crippen LogP contribution in [0.4, 0.5) is 0 Å². The Kier molecular flexibility index (Phi) is 3.77. The second kappa shape index (κ2) is 5.70. The number of furan rings is 1. The van der Waals surface area contributed by atoms with Crippen LogP contribution < -0.4 is 5.32 Å². The molecule has 0 aliphatic carbocycles. The summed E-state index contributed by atoms with van der Waals surface area (Å²) < 4.78 is 5.57. The molecular weight excluding hydrogens is 270 g/mol. The molecule has 102 valence electrons. The first-order valence-corrected chi connectivity index (χ1v) is 7.13. The van der Waals surface area contributed by atoms with Crippen LogP contribution in [0.5, 0.6) is 0 Å². The molecule has 1 unspecified atom stereocenters. The van der Waals surface area contributed by atoms with Gasteiger partial charge in [-0.3, -0.25) is 0 Å². The van der Waals surface area contributed by atoms with Gasteiger partial charge in [-0.1, -0.05) is 43.3 Å². The van der Waals surface area contributed by atoms with Crippen LogP contribution in [-0.2, 0) is 0 Å². The van der Waals surface area contributed by atoms with E-state index in [-0.39, 0.29) is 6.04 Å². The van der Waals surface area contributed by atoms with Gasteiger partial charge >= 0.3 is 0 Å². The minimum atomic E-state index is 0.0251.